The maximum atomic E-state index is 6.19. The van der Waals surface area contributed by atoms with Crippen molar-refractivity contribution in [2.45, 2.75) is 6.92 Å². The van der Waals surface area contributed by atoms with Crippen LogP contribution < -0.4 is 5.32 Å². The highest BCUT2D eigenvalue weighted by atomic mass is 35.5. The summed E-state index contributed by atoms with van der Waals surface area (Å²) in [5.41, 5.74) is 3.05. The zero-order valence-electron chi connectivity index (χ0n) is 9.77. The molecule has 1 aromatic heterocycles. The third-order valence-corrected chi connectivity index (χ3v) is 3.92. The molecule has 0 radical (unpaired) electrons. The molecular formula is C14H11ClN2S. The van der Waals surface area contributed by atoms with Crippen molar-refractivity contribution in [3.63, 3.8) is 0 Å². The van der Waals surface area contributed by atoms with Crippen molar-refractivity contribution < 1.29 is 0 Å². The monoisotopic (exact) mass is 274 g/mol. The first-order chi connectivity index (χ1) is 8.72. The van der Waals surface area contributed by atoms with Gasteiger partial charge in [-0.2, -0.15) is 0 Å². The van der Waals surface area contributed by atoms with Crippen LogP contribution in [0.15, 0.2) is 42.5 Å². The molecule has 1 N–H and O–H groups in total. The number of hydrogen-bond donors (Lipinski definition) is 1. The Morgan fingerprint density at radius 3 is 2.78 bits per heavy atom. The third kappa shape index (κ3) is 2.19. The van der Waals surface area contributed by atoms with Gasteiger partial charge in [0, 0.05) is 0 Å². The number of aromatic nitrogens is 1. The second-order valence-corrected chi connectivity index (χ2v) is 5.53. The van der Waals surface area contributed by atoms with Crippen LogP contribution in [0.5, 0.6) is 0 Å². The molecule has 0 unspecified atom stereocenters. The summed E-state index contributed by atoms with van der Waals surface area (Å²) < 4.78 is 1.17. The Bertz CT molecular complexity index is 673. The predicted octanol–water partition coefficient (Wildman–Crippen LogP) is 5.00. The molecule has 0 aliphatic rings. The molecular weight excluding hydrogens is 264 g/mol. The summed E-state index contributed by atoms with van der Waals surface area (Å²) in [7, 11) is 0. The van der Waals surface area contributed by atoms with E-state index in [-0.39, 0.29) is 0 Å². The highest BCUT2D eigenvalue weighted by molar-refractivity contribution is 7.22. The van der Waals surface area contributed by atoms with Gasteiger partial charge in [-0.1, -0.05) is 41.1 Å². The van der Waals surface area contributed by atoms with Crippen molar-refractivity contribution in [2.75, 3.05) is 5.32 Å². The van der Waals surface area contributed by atoms with Crippen LogP contribution >= 0.6 is 22.9 Å². The smallest absolute Gasteiger partial charge is 0.188 e. The number of anilines is 2. The lowest BCUT2D eigenvalue weighted by molar-refractivity contribution is 1.42. The first kappa shape index (κ1) is 11.5. The summed E-state index contributed by atoms with van der Waals surface area (Å²) in [4.78, 5) is 4.52. The van der Waals surface area contributed by atoms with Crippen molar-refractivity contribution in [1.82, 2.24) is 4.98 Å². The minimum atomic E-state index is 0.717. The Morgan fingerprint density at radius 1 is 1.17 bits per heavy atom. The predicted molar refractivity (Wildman–Crippen MR) is 79.1 cm³/mol. The second-order valence-electron chi connectivity index (χ2n) is 4.10. The summed E-state index contributed by atoms with van der Waals surface area (Å²) in [5, 5.41) is 4.84. The van der Waals surface area contributed by atoms with Crippen LogP contribution in [0.1, 0.15) is 5.56 Å². The van der Waals surface area contributed by atoms with Crippen LogP contribution in [-0.2, 0) is 0 Å². The largest absolute Gasteiger partial charge is 0.330 e. The van der Waals surface area contributed by atoms with Crippen LogP contribution in [0.2, 0.25) is 5.02 Å². The molecule has 0 aliphatic heterocycles. The average molecular weight is 275 g/mol. The van der Waals surface area contributed by atoms with Gasteiger partial charge >= 0.3 is 0 Å². The minimum Gasteiger partial charge on any atom is -0.330 e. The number of nitrogens with one attached hydrogen (secondary N) is 1. The molecule has 3 aromatic rings. The van der Waals surface area contributed by atoms with E-state index in [4.69, 9.17) is 11.6 Å². The summed E-state index contributed by atoms with van der Waals surface area (Å²) in [6.45, 7) is 2.02. The number of benzene rings is 2. The molecule has 2 aromatic carbocycles. The molecule has 0 spiro atoms. The van der Waals surface area contributed by atoms with Crippen molar-refractivity contribution in [2.24, 2.45) is 0 Å². The molecule has 0 aliphatic carbocycles. The van der Waals surface area contributed by atoms with E-state index in [1.165, 1.54) is 4.70 Å². The van der Waals surface area contributed by atoms with Crippen molar-refractivity contribution >= 4 is 44.0 Å². The van der Waals surface area contributed by atoms with Gasteiger partial charge < -0.3 is 5.32 Å². The van der Waals surface area contributed by atoms with Crippen LogP contribution in [-0.4, -0.2) is 4.98 Å². The summed E-state index contributed by atoms with van der Waals surface area (Å²) >= 11 is 7.82. The van der Waals surface area contributed by atoms with Gasteiger partial charge in [-0.25, -0.2) is 4.98 Å². The fourth-order valence-corrected chi connectivity index (χ4v) is 2.92. The summed E-state index contributed by atoms with van der Waals surface area (Å²) in [6.07, 6.45) is 0. The zero-order valence-corrected chi connectivity index (χ0v) is 11.3. The fraction of sp³-hybridized carbons (Fsp3) is 0.0714. The fourth-order valence-electron chi connectivity index (χ4n) is 1.76. The van der Waals surface area contributed by atoms with Crippen LogP contribution in [0.4, 0.5) is 10.8 Å². The Balaban J connectivity index is 1.96. The highest BCUT2D eigenvalue weighted by Gasteiger charge is 2.05. The maximum Gasteiger partial charge on any atom is 0.188 e. The highest BCUT2D eigenvalue weighted by Crippen LogP contribution is 2.31. The topological polar surface area (TPSA) is 24.9 Å². The number of halogens is 1. The molecule has 2 nitrogen and oxygen atoms in total. The Kier molecular flexibility index (Phi) is 2.94. The van der Waals surface area contributed by atoms with Gasteiger partial charge in [-0.15, -0.1) is 0 Å². The molecule has 3 rings (SSSR count). The van der Waals surface area contributed by atoms with E-state index in [0.717, 1.165) is 21.9 Å². The summed E-state index contributed by atoms with van der Waals surface area (Å²) in [6, 6.07) is 14.0. The average Bonchev–Trinajstić information content (AvgIpc) is 2.75. The molecule has 4 heteroatoms. The van der Waals surface area contributed by atoms with Crippen molar-refractivity contribution in [3.05, 3.63) is 53.1 Å². The molecule has 0 saturated carbocycles. The van der Waals surface area contributed by atoms with E-state index >= 15 is 0 Å². The molecule has 1 heterocycles. The lowest BCUT2D eigenvalue weighted by atomic mass is 10.2. The number of thiazole rings is 1. The van der Waals surface area contributed by atoms with Crippen molar-refractivity contribution in [1.29, 1.82) is 0 Å². The van der Waals surface area contributed by atoms with E-state index in [2.05, 4.69) is 16.4 Å². The third-order valence-electron chi connectivity index (χ3n) is 2.66. The van der Waals surface area contributed by atoms with Gasteiger partial charge in [-0.3, -0.25) is 0 Å². The Labute approximate surface area is 114 Å². The number of fused-ring (bicyclic) bond motifs is 1. The molecule has 0 amide bonds. The molecule has 0 atom stereocenters. The molecule has 90 valence electrons. The quantitative estimate of drug-likeness (QED) is 0.711. The van der Waals surface area contributed by atoms with E-state index in [1.54, 1.807) is 11.3 Å². The SMILES string of the molecule is Cc1ccc(Nc2nc3ccccc3s2)c(Cl)c1. The van der Waals surface area contributed by atoms with Gasteiger partial charge in [0.2, 0.25) is 0 Å². The van der Waals surface area contributed by atoms with Gasteiger partial charge in [-0.05, 0) is 36.8 Å². The minimum absolute atomic E-state index is 0.717. The van der Waals surface area contributed by atoms with Crippen LogP contribution in [0.3, 0.4) is 0 Å². The van der Waals surface area contributed by atoms with E-state index in [9.17, 15) is 0 Å². The first-order valence-electron chi connectivity index (χ1n) is 5.61. The Hall–Kier alpha value is -1.58. The van der Waals surface area contributed by atoms with Crippen molar-refractivity contribution in [3.8, 4) is 0 Å². The number of para-hydroxylation sites is 1. The normalized spacial score (nSPS) is 10.8. The van der Waals surface area contributed by atoms with Gasteiger partial charge in [0.05, 0.1) is 20.9 Å². The molecule has 0 fully saturated rings. The molecule has 18 heavy (non-hydrogen) atoms. The van der Waals surface area contributed by atoms with E-state index in [0.29, 0.717) is 5.02 Å². The van der Waals surface area contributed by atoms with Crippen LogP contribution in [0.25, 0.3) is 10.2 Å². The number of rotatable bonds is 2. The lowest BCUT2D eigenvalue weighted by Gasteiger charge is -2.05. The van der Waals surface area contributed by atoms with Gasteiger partial charge in [0.15, 0.2) is 5.13 Å². The second kappa shape index (κ2) is 4.59. The lowest BCUT2D eigenvalue weighted by Crippen LogP contribution is -1.90. The van der Waals surface area contributed by atoms with E-state index < -0.39 is 0 Å². The first-order valence-corrected chi connectivity index (χ1v) is 6.80. The zero-order chi connectivity index (χ0) is 12.5. The van der Waals surface area contributed by atoms with Gasteiger partial charge in [0.25, 0.3) is 0 Å². The molecule has 0 bridgehead atoms. The van der Waals surface area contributed by atoms with Gasteiger partial charge in [0.1, 0.15) is 0 Å². The van der Waals surface area contributed by atoms with Crippen LogP contribution in [0, 0.1) is 6.92 Å². The maximum absolute atomic E-state index is 6.19. The number of aryl methyl sites for hydroxylation is 1. The Morgan fingerprint density at radius 2 is 2.00 bits per heavy atom. The van der Waals surface area contributed by atoms with E-state index in [1.807, 2.05) is 43.3 Å². The molecule has 0 saturated heterocycles. The summed E-state index contributed by atoms with van der Waals surface area (Å²) in [5.74, 6) is 0. The number of nitrogens with zero attached hydrogens (tertiary/aromatic N) is 1. The number of hydrogen-bond acceptors (Lipinski definition) is 3. The standard InChI is InChI=1S/C14H11ClN2S/c1-9-6-7-11(10(15)8-9)16-14-17-12-4-2-3-5-13(12)18-14/h2-8H,1H3,(H,16,17).